The minimum absolute atomic E-state index is 0.0423. The third-order valence-electron chi connectivity index (χ3n) is 3.86. The Morgan fingerprint density at radius 2 is 1.83 bits per heavy atom. The number of nitrogens with zero attached hydrogens (tertiary/aromatic N) is 1. The standard InChI is InChI=1S/C18H29N3O3/c1-21(12-13-22)11-6-4-2-3-5-10-17(23)20-16-9-7-8-15(14-16)18(19)24/h7-9,14,22H,2-6,10-13H2,1H3,(H2,19,24)(H,20,23). The van der Waals surface area contributed by atoms with Crippen molar-refractivity contribution < 1.29 is 14.7 Å². The minimum atomic E-state index is -0.504. The number of likely N-dealkylation sites (N-methyl/N-ethyl adjacent to an activating group) is 1. The van der Waals surface area contributed by atoms with E-state index >= 15 is 0 Å². The fraction of sp³-hybridized carbons (Fsp3) is 0.556. The van der Waals surface area contributed by atoms with Crippen LogP contribution >= 0.6 is 0 Å². The van der Waals surface area contributed by atoms with Crippen LogP contribution < -0.4 is 11.1 Å². The van der Waals surface area contributed by atoms with Gasteiger partial charge in [0, 0.05) is 24.2 Å². The Labute approximate surface area is 144 Å². The van der Waals surface area contributed by atoms with E-state index in [1.54, 1.807) is 24.3 Å². The van der Waals surface area contributed by atoms with Crippen molar-refractivity contribution in [2.24, 2.45) is 5.73 Å². The normalized spacial score (nSPS) is 10.8. The third-order valence-corrected chi connectivity index (χ3v) is 3.86. The summed E-state index contributed by atoms with van der Waals surface area (Å²) in [6.07, 6.45) is 5.72. The van der Waals surface area contributed by atoms with Crippen LogP contribution in [-0.2, 0) is 4.79 Å². The lowest BCUT2D eigenvalue weighted by Gasteiger charge is -2.14. The number of amides is 2. The number of primary amides is 1. The summed E-state index contributed by atoms with van der Waals surface area (Å²) in [4.78, 5) is 25.1. The van der Waals surface area contributed by atoms with Gasteiger partial charge >= 0.3 is 0 Å². The van der Waals surface area contributed by atoms with Crippen LogP contribution in [-0.4, -0.2) is 48.6 Å². The van der Waals surface area contributed by atoms with E-state index in [0.717, 1.165) is 45.2 Å². The molecule has 2 amide bonds. The predicted octanol–water partition coefficient (Wildman–Crippen LogP) is 1.99. The molecule has 0 saturated carbocycles. The zero-order chi connectivity index (χ0) is 17.8. The van der Waals surface area contributed by atoms with Gasteiger partial charge in [-0.05, 0) is 44.6 Å². The summed E-state index contributed by atoms with van der Waals surface area (Å²) in [6.45, 7) is 1.92. The molecule has 0 bridgehead atoms. The predicted molar refractivity (Wildman–Crippen MR) is 95.9 cm³/mol. The van der Waals surface area contributed by atoms with Crippen molar-refractivity contribution >= 4 is 17.5 Å². The molecule has 0 aliphatic rings. The maximum absolute atomic E-state index is 11.9. The first kappa shape index (κ1) is 20.1. The molecule has 0 spiro atoms. The summed E-state index contributed by atoms with van der Waals surface area (Å²) in [7, 11) is 2.01. The number of nitrogens with one attached hydrogen (secondary N) is 1. The number of benzene rings is 1. The van der Waals surface area contributed by atoms with Crippen LogP contribution in [0.5, 0.6) is 0 Å². The fourth-order valence-corrected chi connectivity index (χ4v) is 2.45. The molecule has 1 aromatic rings. The first-order chi connectivity index (χ1) is 11.5. The molecule has 0 aromatic heterocycles. The molecule has 4 N–H and O–H groups in total. The Hall–Kier alpha value is -1.92. The second-order valence-electron chi connectivity index (χ2n) is 6.04. The maximum atomic E-state index is 11.9. The van der Waals surface area contributed by atoms with Gasteiger partial charge in [0.25, 0.3) is 0 Å². The van der Waals surface area contributed by atoms with Crippen LogP contribution in [0.4, 0.5) is 5.69 Å². The van der Waals surface area contributed by atoms with Crippen molar-refractivity contribution in [1.29, 1.82) is 0 Å². The Morgan fingerprint density at radius 1 is 1.12 bits per heavy atom. The molecule has 134 valence electrons. The van der Waals surface area contributed by atoms with Crippen molar-refractivity contribution in [2.75, 3.05) is 32.1 Å². The highest BCUT2D eigenvalue weighted by Gasteiger charge is 2.05. The number of carbonyl (C=O) groups excluding carboxylic acids is 2. The largest absolute Gasteiger partial charge is 0.395 e. The molecule has 6 nitrogen and oxygen atoms in total. The van der Waals surface area contributed by atoms with Crippen molar-refractivity contribution in [3.05, 3.63) is 29.8 Å². The van der Waals surface area contributed by atoms with E-state index in [4.69, 9.17) is 10.8 Å². The van der Waals surface area contributed by atoms with E-state index in [9.17, 15) is 9.59 Å². The molecule has 1 rings (SSSR count). The van der Waals surface area contributed by atoms with Gasteiger partial charge in [0.2, 0.25) is 11.8 Å². The lowest BCUT2D eigenvalue weighted by molar-refractivity contribution is -0.116. The third kappa shape index (κ3) is 8.64. The number of anilines is 1. The number of carbonyl (C=O) groups is 2. The summed E-state index contributed by atoms with van der Waals surface area (Å²) in [5.74, 6) is -0.546. The molecular formula is C18H29N3O3. The summed E-state index contributed by atoms with van der Waals surface area (Å²) in [5.41, 5.74) is 6.21. The van der Waals surface area contributed by atoms with Gasteiger partial charge in [0.1, 0.15) is 0 Å². The average Bonchev–Trinajstić information content (AvgIpc) is 2.54. The molecule has 1 aromatic carbocycles. The van der Waals surface area contributed by atoms with Gasteiger partial charge < -0.3 is 21.1 Å². The van der Waals surface area contributed by atoms with Gasteiger partial charge in [-0.15, -0.1) is 0 Å². The number of hydrogen-bond acceptors (Lipinski definition) is 4. The number of unbranched alkanes of at least 4 members (excludes halogenated alkanes) is 4. The first-order valence-corrected chi connectivity index (χ1v) is 8.52. The zero-order valence-electron chi connectivity index (χ0n) is 14.5. The summed E-state index contributed by atoms with van der Waals surface area (Å²) in [5, 5.41) is 11.6. The van der Waals surface area contributed by atoms with E-state index in [-0.39, 0.29) is 12.5 Å². The van der Waals surface area contributed by atoms with E-state index in [1.807, 2.05) is 7.05 Å². The first-order valence-electron chi connectivity index (χ1n) is 8.52. The van der Waals surface area contributed by atoms with Crippen molar-refractivity contribution in [3.8, 4) is 0 Å². The fourth-order valence-electron chi connectivity index (χ4n) is 2.45. The summed E-state index contributed by atoms with van der Waals surface area (Å²) >= 11 is 0. The van der Waals surface area contributed by atoms with Gasteiger partial charge in [-0.3, -0.25) is 9.59 Å². The molecular weight excluding hydrogens is 306 g/mol. The zero-order valence-corrected chi connectivity index (χ0v) is 14.5. The molecule has 0 unspecified atom stereocenters. The molecule has 24 heavy (non-hydrogen) atoms. The monoisotopic (exact) mass is 335 g/mol. The van der Waals surface area contributed by atoms with E-state index < -0.39 is 5.91 Å². The van der Waals surface area contributed by atoms with Crippen molar-refractivity contribution in [1.82, 2.24) is 4.90 Å². The Balaban J connectivity index is 2.12. The number of nitrogens with two attached hydrogens (primary N) is 1. The molecule has 0 radical (unpaired) electrons. The quantitative estimate of drug-likeness (QED) is 0.509. The van der Waals surface area contributed by atoms with Crippen LogP contribution in [0.15, 0.2) is 24.3 Å². The van der Waals surface area contributed by atoms with Crippen LogP contribution in [0.3, 0.4) is 0 Å². The number of hydrogen-bond donors (Lipinski definition) is 3. The smallest absolute Gasteiger partial charge is 0.248 e. The Morgan fingerprint density at radius 3 is 2.54 bits per heavy atom. The van der Waals surface area contributed by atoms with Crippen LogP contribution in [0.2, 0.25) is 0 Å². The van der Waals surface area contributed by atoms with Crippen LogP contribution in [0.25, 0.3) is 0 Å². The van der Waals surface area contributed by atoms with Gasteiger partial charge in [-0.25, -0.2) is 0 Å². The molecule has 0 saturated heterocycles. The molecule has 0 fully saturated rings. The van der Waals surface area contributed by atoms with Crippen molar-refractivity contribution in [2.45, 2.75) is 38.5 Å². The average molecular weight is 335 g/mol. The topological polar surface area (TPSA) is 95.7 Å². The SMILES string of the molecule is CN(CCO)CCCCCCCC(=O)Nc1cccc(C(N)=O)c1. The minimum Gasteiger partial charge on any atom is -0.395 e. The Kier molecular flexibility index (Phi) is 9.72. The summed E-state index contributed by atoms with van der Waals surface area (Å²) in [6, 6.07) is 6.65. The highest BCUT2D eigenvalue weighted by Crippen LogP contribution is 2.12. The van der Waals surface area contributed by atoms with Crippen molar-refractivity contribution in [3.63, 3.8) is 0 Å². The summed E-state index contributed by atoms with van der Waals surface area (Å²) < 4.78 is 0. The van der Waals surface area contributed by atoms with Gasteiger partial charge in [0.15, 0.2) is 0 Å². The lowest BCUT2D eigenvalue weighted by atomic mass is 10.1. The van der Waals surface area contributed by atoms with Gasteiger partial charge in [0.05, 0.1) is 6.61 Å². The van der Waals surface area contributed by atoms with Crippen LogP contribution in [0, 0.1) is 0 Å². The molecule has 6 heteroatoms. The molecule has 0 aliphatic carbocycles. The Bertz CT molecular complexity index is 520. The number of rotatable bonds is 12. The van der Waals surface area contributed by atoms with Gasteiger partial charge in [-0.1, -0.05) is 25.3 Å². The van der Waals surface area contributed by atoms with E-state index in [1.165, 1.54) is 0 Å². The highest BCUT2D eigenvalue weighted by atomic mass is 16.3. The molecule has 0 atom stereocenters. The number of aliphatic hydroxyl groups excluding tert-OH is 1. The molecule has 0 aliphatic heterocycles. The highest BCUT2D eigenvalue weighted by molar-refractivity contribution is 5.96. The van der Waals surface area contributed by atoms with E-state index in [2.05, 4.69) is 10.2 Å². The van der Waals surface area contributed by atoms with Gasteiger partial charge in [-0.2, -0.15) is 0 Å². The van der Waals surface area contributed by atoms with E-state index in [0.29, 0.717) is 17.7 Å². The maximum Gasteiger partial charge on any atom is 0.248 e. The lowest BCUT2D eigenvalue weighted by Crippen LogP contribution is -2.23. The molecule has 0 heterocycles. The second kappa shape index (κ2) is 11.6. The van der Waals surface area contributed by atoms with Crippen LogP contribution in [0.1, 0.15) is 48.9 Å². The number of aliphatic hydroxyl groups is 1. The second-order valence-corrected chi connectivity index (χ2v) is 6.04.